The molecule has 1 N–H and O–H groups in total. The molecule has 0 aliphatic rings. The molecule has 1 rings (SSSR count). The molecule has 0 unspecified atom stereocenters. The van der Waals surface area contributed by atoms with Gasteiger partial charge >= 0.3 is 6.09 Å². The number of hydrogen-bond acceptors (Lipinski definition) is 3. The summed E-state index contributed by atoms with van der Waals surface area (Å²) in [6.45, 7) is 4.43. The average Bonchev–Trinajstić information content (AvgIpc) is 2.11. The Hall–Kier alpha value is -0.980. The number of carboxylic acid groups (broad SMARTS) is 1. The second-order valence-electron chi connectivity index (χ2n) is 4.83. The Morgan fingerprint density at radius 3 is 1.89 bits per heavy atom. The maximum atomic E-state index is 12.4. The maximum Gasteiger partial charge on any atom is 0.421 e. The third kappa shape index (κ3) is 3.52. The summed E-state index contributed by atoms with van der Waals surface area (Å²) in [6.07, 6.45) is -1.57. The molecule has 0 fully saturated rings. The summed E-state index contributed by atoms with van der Waals surface area (Å²) in [4.78, 5) is 11.0. The summed E-state index contributed by atoms with van der Waals surface area (Å²) in [5.74, 6) is 0. The Kier molecular flexibility index (Phi) is 4.39. The first-order valence-corrected chi connectivity index (χ1v) is 7.40. The van der Waals surface area contributed by atoms with E-state index >= 15 is 0 Å². The molecule has 0 bridgehead atoms. The van der Waals surface area contributed by atoms with Gasteiger partial charge in [-0.25, -0.2) is 13.2 Å². The van der Waals surface area contributed by atoms with Crippen molar-refractivity contribution >= 4 is 39.3 Å². The van der Waals surface area contributed by atoms with Crippen LogP contribution in [0.5, 0.6) is 0 Å². The van der Waals surface area contributed by atoms with E-state index in [1.165, 1.54) is 26.8 Å². The van der Waals surface area contributed by atoms with Gasteiger partial charge in [-0.15, -0.1) is 0 Å². The van der Waals surface area contributed by atoms with Crippen LogP contribution >= 0.6 is 23.2 Å². The van der Waals surface area contributed by atoms with Crippen LogP contribution in [0.4, 0.5) is 4.79 Å². The fourth-order valence-corrected chi connectivity index (χ4v) is 3.88. The SMILES string of the molecule is CC(C)(C)N(C(=O)O)S(=O)(=O)c1cc(Cl)cc(Cl)c1. The normalized spacial score (nSPS) is 12.3. The molecule has 0 radical (unpaired) electrons. The molecule has 106 valence electrons. The number of sulfonamides is 1. The van der Waals surface area contributed by atoms with Gasteiger partial charge in [0, 0.05) is 10.0 Å². The number of amides is 1. The van der Waals surface area contributed by atoms with Crippen LogP contribution in [0.15, 0.2) is 23.1 Å². The van der Waals surface area contributed by atoms with E-state index in [1.54, 1.807) is 0 Å². The van der Waals surface area contributed by atoms with E-state index < -0.39 is 21.7 Å². The largest absolute Gasteiger partial charge is 0.464 e. The molecule has 0 aliphatic heterocycles. The molecule has 0 saturated carbocycles. The number of hydrogen-bond donors (Lipinski definition) is 1. The van der Waals surface area contributed by atoms with Gasteiger partial charge in [0.25, 0.3) is 10.0 Å². The standard InChI is InChI=1S/C11H13Cl2NO4S/c1-11(2,3)14(10(15)16)19(17,18)9-5-7(12)4-8(13)6-9/h4-6H,1-3H3,(H,15,16). The van der Waals surface area contributed by atoms with Gasteiger partial charge < -0.3 is 5.11 Å². The zero-order valence-corrected chi connectivity index (χ0v) is 12.8. The van der Waals surface area contributed by atoms with Crippen molar-refractivity contribution in [2.24, 2.45) is 0 Å². The predicted octanol–water partition coefficient (Wildman–Crippen LogP) is 3.46. The van der Waals surface area contributed by atoms with E-state index in [-0.39, 0.29) is 14.9 Å². The Bertz CT molecular complexity index is 587. The van der Waals surface area contributed by atoms with E-state index in [4.69, 9.17) is 28.3 Å². The molecule has 0 aliphatic carbocycles. The highest BCUT2D eigenvalue weighted by atomic mass is 35.5. The van der Waals surface area contributed by atoms with Crippen LogP contribution < -0.4 is 0 Å². The highest BCUT2D eigenvalue weighted by Crippen LogP contribution is 2.28. The Morgan fingerprint density at radius 2 is 1.58 bits per heavy atom. The van der Waals surface area contributed by atoms with Crippen LogP contribution in [0.2, 0.25) is 10.0 Å². The van der Waals surface area contributed by atoms with Crippen LogP contribution in [0.3, 0.4) is 0 Å². The first kappa shape index (κ1) is 16.1. The number of benzene rings is 1. The van der Waals surface area contributed by atoms with Crippen LogP contribution in [0.25, 0.3) is 0 Å². The molecule has 0 spiro atoms. The number of halogens is 2. The molecule has 0 saturated heterocycles. The lowest BCUT2D eigenvalue weighted by atomic mass is 10.1. The van der Waals surface area contributed by atoms with Crippen LogP contribution in [-0.4, -0.2) is 29.5 Å². The molecule has 0 atom stereocenters. The Balaban J connectivity index is 3.48. The minimum atomic E-state index is -4.24. The molecular formula is C11H13Cl2NO4S. The lowest BCUT2D eigenvalue weighted by molar-refractivity contribution is 0.146. The van der Waals surface area contributed by atoms with Gasteiger partial charge in [0.15, 0.2) is 0 Å². The Morgan fingerprint density at radius 1 is 1.16 bits per heavy atom. The summed E-state index contributed by atoms with van der Waals surface area (Å²) >= 11 is 11.5. The summed E-state index contributed by atoms with van der Waals surface area (Å²) in [5.41, 5.74) is -1.13. The van der Waals surface area contributed by atoms with Gasteiger partial charge in [-0.3, -0.25) is 0 Å². The third-order valence-electron chi connectivity index (χ3n) is 2.16. The van der Waals surface area contributed by atoms with Crippen LogP contribution in [-0.2, 0) is 10.0 Å². The topological polar surface area (TPSA) is 74.7 Å². The molecule has 1 aromatic carbocycles. The van der Waals surface area contributed by atoms with Crippen LogP contribution in [0.1, 0.15) is 20.8 Å². The highest BCUT2D eigenvalue weighted by molar-refractivity contribution is 7.89. The smallest absolute Gasteiger partial charge is 0.421 e. The van der Waals surface area contributed by atoms with Crippen LogP contribution in [0, 0.1) is 0 Å². The summed E-state index contributed by atoms with van der Waals surface area (Å²) < 4.78 is 25.1. The summed E-state index contributed by atoms with van der Waals surface area (Å²) in [7, 11) is -4.24. The summed E-state index contributed by atoms with van der Waals surface area (Å²) in [6, 6.07) is 3.68. The lowest BCUT2D eigenvalue weighted by Crippen LogP contribution is -2.48. The van der Waals surface area contributed by atoms with E-state index in [0.29, 0.717) is 4.31 Å². The van der Waals surface area contributed by atoms with E-state index in [0.717, 1.165) is 12.1 Å². The maximum absolute atomic E-state index is 12.4. The Labute approximate surface area is 121 Å². The molecular weight excluding hydrogens is 313 g/mol. The number of carbonyl (C=O) groups is 1. The van der Waals surface area contributed by atoms with Gasteiger partial charge in [0.1, 0.15) is 0 Å². The second kappa shape index (κ2) is 5.19. The minimum absolute atomic E-state index is 0.116. The van der Waals surface area contributed by atoms with Crippen molar-refractivity contribution in [2.75, 3.05) is 0 Å². The van der Waals surface area contributed by atoms with Gasteiger partial charge in [-0.2, -0.15) is 4.31 Å². The fourth-order valence-electron chi connectivity index (χ4n) is 1.53. The zero-order valence-electron chi connectivity index (χ0n) is 10.5. The van der Waals surface area contributed by atoms with Crippen molar-refractivity contribution in [3.8, 4) is 0 Å². The number of rotatable bonds is 2. The molecule has 1 amide bonds. The number of nitrogens with zero attached hydrogens (tertiary/aromatic N) is 1. The second-order valence-corrected chi connectivity index (χ2v) is 7.49. The highest BCUT2D eigenvalue weighted by Gasteiger charge is 2.38. The third-order valence-corrected chi connectivity index (χ3v) is 4.61. The van der Waals surface area contributed by atoms with E-state index in [9.17, 15) is 13.2 Å². The van der Waals surface area contributed by atoms with Crippen molar-refractivity contribution in [1.82, 2.24) is 4.31 Å². The first-order valence-electron chi connectivity index (χ1n) is 5.20. The zero-order chi connectivity index (χ0) is 15.0. The molecule has 8 heteroatoms. The van der Waals surface area contributed by atoms with Crippen molar-refractivity contribution in [3.05, 3.63) is 28.2 Å². The van der Waals surface area contributed by atoms with Crippen molar-refractivity contribution in [3.63, 3.8) is 0 Å². The first-order chi connectivity index (χ1) is 8.46. The molecule has 5 nitrogen and oxygen atoms in total. The fraction of sp³-hybridized carbons (Fsp3) is 0.364. The molecule has 0 heterocycles. The van der Waals surface area contributed by atoms with E-state index in [2.05, 4.69) is 0 Å². The van der Waals surface area contributed by atoms with Gasteiger partial charge in [0.05, 0.1) is 10.4 Å². The molecule has 1 aromatic rings. The van der Waals surface area contributed by atoms with Gasteiger partial charge in [-0.05, 0) is 39.0 Å². The van der Waals surface area contributed by atoms with Crippen molar-refractivity contribution < 1.29 is 18.3 Å². The van der Waals surface area contributed by atoms with Gasteiger partial charge in [0.2, 0.25) is 0 Å². The minimum Gasteiger partial charge on any atom is -0.464 e. The van der Waals surface area contributed by atoms with Crippen molar-refractivity contribution in [1.29, 1.82) is 0 Å². The van der Waals surface area contributed by atoms with Crippen molar-refractivity contribution in [2.45, 2.75) is 31.2 Å². The summed E-state index contributed by atoms with van der Waals surface area (Å²) in [5, 5.41) is 9.36. The lowest BCUT2D eigenvalue weighted by Gasteiger charge is -2.31. The molecule has 0 aromatic heterocycles. The monoisotopic (exact) mass is 325 g/mol. The molecule has 19 heavy (non-hydrogen) atoms. The average molecular weight is 326 g/mol. The van der Waals surface area contributed by atoms with Gasteiger partial charge in [-0.1, -0.05) is 23.2 Å². The van der Waals surface area contributed by atoms with E-state index in [1.807, 2.05) is 0 Å². The quantitative estimate of drug-likeness (QED) is 0.903. The predicted molar refractivity (Wildman–Crippen MR) is 73.3 cm³/mol.